The Bertz CT molecular complexity index is 435. The third-order valence-electron chi connectivity index (χ3n) is 2.11. The van der Waals surface area contributed by atoms with Crippen LogP contribution in [0.15, 0.2) is 30.3 Å². The van der Waals surface area contributed by atoms with Gasteiger partial charge in [0.1, 0.15) is 24.4 Å². The van der Waals surface area contributed by atoms with Crippen molar-refractivity contribution in [3.63, 3.8) is 0 Å². The number of carbonyl (C=O) groups excluding carboxylic acids is 1. The maximum Gasteiger partial charge on any atom is 0.415 e. The van der Waals surface area contributed by atoms with E-state index in [1.165, 1.54) is 11.8 Å². The van der Waals surface area contributed by atoms with Gasteiger partial charge in [-0.25, -0.2) is 10.1 Å². The van der Waals surface area contributed by atoms with Crippen LogP contribution in [0.25, 0.3) is 0 Å². The van der Waals surface area contributed by atoms with Crippen molar-refractivity contribution in [3.8, 4) is 5.75 Å². The second-order valence-electron chi connectivity index (χ2n) is 3.65. The molecule has 124 valence electrons. The maximum absolute atomic E-state index is 13.0. The lowest BCUT2D eigenvalue weighted by molar-refractivity contribution is -0.433. The van der Waals surface area contributed by atoms with Gasteiger partial charge in [-0.3, -0.25) is 0 Å². The zero-order valence-corrected chi connectivity index (χ0v) is 12.9. The molecule has 1 aromatic carbocycles. The fourth-order valence-corrected chi connectivity index (χ4v) is 2.06. The average molecular weight is 356 g/mol. The second kappa shape index (κ2) is 10.6. The maximum atomic E-state index is 13.0. The van der Waals surface area contributed by atoms with Gasteiger partial charge >= 0.3 is 11.2 Å². The van der Waals surface area contributed by atoms with Crippen molar-refractivity contribution in [2.24, 2.45) is 0 Å². The Balaban J connectivity index is 2.04. The number of carbonyl (C=O) groups is 1. The minimum atomic E-state index is -3.95. The van der Waals surface area contributed by atoms with Crippen molar-refractivity contribution < 1.29 is 37.7 Å². The molecule has 0 saturated heterocycles. The summed E-state index contributed by atoms with van der Waals surface area (Å²) in [5.74, 6) is -0.0471. The summed E-state index contributed by atoms with van der Waals surface area (Å²) in [5, 5.41) is 6.78. The highest BCUT2D eigenvalue weighted by Crippen LogP contribution is 2.31. The molecule has 0 saturated carbocycles. The number of thioether (sulfide) groups is 1. The van der Waals surface area contributed by atoms with E-state index in [4.69, 9.17) is 9.99 Å². The number of para-hydroxylation sites is 1. The minimum absolute atomic E-state index is 0.176. The van der Waals surface area contributed by atoms with Gasteiger partial charge in [0.25, 0.3) is 0 Å². The molecule has 1 aromatic rings. The van der Waals surface area contributed by atoms with Gasteiger partial charge in [-0.15, -0.1) is 4.33 Å². The molecular weight excluding hydrogens is 342 g/mol. The van der Waals surface area contributed by atoms with Crippen molar-refractivity contribution in [2.75, 3.05) is 24.7 Å². The average Bonchev–Trinajstić information content (AvgIpc) is 2.52. The summed E-state index contributed by atoms with van der Waals surface area (Å²) in [6, 6.07) is 9.23. The molecule has 0 aromatic heterocycles. The SMILES string of the molecule is O=C(OCCSCCOc1ccccc1)C(F)(F)SOOO. The van der Waals surface area contributed by atoms with Crippen molar-refractivity contribution in [3.05, 3.63) is 30.3 Å². The summed E-state index contributed by atoms with van der Waals surface area (Å²) in [6.07, 6.45) is 0. The molecule has 22 heavy (non-hydrogen) atoms. The lowest BCUT2D eigenvalue weighted by atomic mass is 10.3. The molecule has 0 bridgehead atoms. The van der Waals surface area contributed by atoms with Gasteiger partial charge < -0.3 is 9.47 Å². The first-order chi connectivity index (χ1) is 10.6. The highest BCUT2D eigenvalue weighted by Gasteiger charge is 2.44. The standard InChI is InChI=1S/C12H14F2O6S2/c13-12(14,22-20-19-16)11(15)18-7-9-21-8-6-17-10-4-2-1-3-5-10/h1-5,16H,6-9H2. The molecule has 0 atom stereocenters. The fraction of sp³-hybridized carbons (Fsp3) is 0.417. The summed E-state index contributed by atoms with van der Waals surface area (Å²) in [7, 11) is 0. The molecule has 0 amide bonds. The molecular formula is C12H14F2O6S2. The van der Waals surface area contributed by atoms with E-state index in [0.29, 0.717) is 18.1 Å². The monoisotopic (exact) mass is 356 g/mol. The first-order valence-corrected chi connectivity index (χ1v) is 7.92. The number of halogens is 2. The first kappa shape index (κ1) is 19.0. The molecule has 10 heteroatoms. The Morgan fingerprint density at radius 3 is 2.55 bits per heavy atom. The Kier molecular flexibility index (Phi) is 9.16. The van der Waals surface area contributed by atoms with E-state index in [0.717, 1.165) is 5.75 Å². The van der Waals surface area contributed by atoms with Crippen LogP contribution in [0.3, 0.4) is 0 Å². The van der Waals surface area contributed by atoms with Crippen LogP contribution < -0.4 is 4.74 Å². The highest BCUT2D eigenvalue weighted by atomic mass is 32.2. The van der Waals surface area contributed by atoms with Crippen LogP contribution in [0, 0.1) is 0 Å². The van der Waals surface area contributed by atoms with Crippen LogP contribution in [0.5, 0.6) is 5.75 Å². The molecule has 0 aliphatic heterocycles. The summed E-state index contributed by atoms with van der Waals surface area (Å²) >= 11 is 0.743. The summed E-state index contributed by atoms with van der Waals surface area (Å²) in [4.78, 5) is 11.0. The Morgan fingerprint density at radius 1 is 1.18 bits per heavy atom. The second-order valence-corrected chi connectivity index (χ2v) is 5.69. The molecule has 0 fully saturated rings. The lowest BCUT2D eigenvalue weighted by Gasteiger charge is -2.12. The molecule has 1 N–H and O–H groups in total. The number of alkyl halides is 2. The quantitative estimate of drug-likeness (QED) is 0.213. The van der Waals surface area contributed by atoms with Crippen molar-refractivity contribution >= 4 is 29.8 Å². The third-order valence-corrected chi connectivity index (χ3v) is 3.52. The molecule has 1 rings (SSSR count). The Labute approximate surface area is 134 Å². The minimum Gasteiger partial charge on any atom is -0.493 e. The number of rotatable bonds is 11. The van der Waals surface area contributed by atoms with Crippen LogP contribution in [0.2, 0.25) is 0 Å². The Morgan fingerprint density at radius 2 is 1.86 bits per heavy atom. The van der Waals surface area contributed by atoms with Gasteiger partial charge in [0.05, 0.1) is 6.61 Å². The summed E-state index contributed by atoms with van der Waals surface area (Å²) in [5.41, 5.74) is 0. The molecule has 0 aliphatic carbocycles. The number of esters is 1. The summed E-state index contributed by atoms with van der Waals surface area (Å²) in [6.45, 7) is 0.279. The van der Waals surface area contributed by atoms with E-state index in [1.54, 1.807) is 0 Å². The van der Waals surface area contributed by atoms with Crippen LogP contribution in [-0.4, -0.2) is 41.2 Å². The predicted molar refractivity (Wildman–Crippen MR) is 77.6 cm³/mol. The van der Waals surface area contributed by atoms with Crippen molar-refractivity contribution in [1.82, 2.24) is 0 Å². The lowest BCUT2D eigenvalue weighted by Crippen LogP contribution is -2.28. The van der Waals surface area contributed by atoms with Crippen LogP contribution in [-0.2, 0) is 18.9 Å². The van der Waals surface area contributed by atoms with Crippen LogP contribution in [0.4, 0.5) is 8.78 Å². The van der Waals surface area contributed by atoms with Crippen LogP contribution >= 0.6 is 23.8 Å². The molecule has 6 nitrogen and oxygen atoms in total. The van der Waals surface area contributed by atoms with Crippen LogP contribution in [0.1, 0.15) is 0 Å². The van der Waals surface area contributed by atoms with Gasteiger partial charge in [-0.1, -0.05) is 23.2 Å². The highest BCUT2D eigenvalue weighted by molar-refractivity contribution is 7.99. The number of benzene rings is 1. The third kappa shape index (κ3) is 7.80. The van der Waals surface area contributed by atoms with Gasteiger partial charge in [0.15, 0.2) is 0 Å². The molecule has 0 unspecified atom stereocenters. The van der Waals surface area contributed by atoms with E-state index in [2.05, 4.69) is 14.1 Å². The first-order valence-electron chi connectivity index (χ1n) is 6.03. The van der Waals surface area contributed by atoms with Crippen molar-refractivity contribution in [2.45, 2.75) is 5.25 Å². The predicted octanol–water partition coefficient (Wildman–Crippen LogP) is 3.00. The Hall–Kier alpha value is -1.07. The zero-order chi connectivity index (χ0) is 16.3. The summed E-state index contributed by atoms with van der Waals surface area (Å²) < 4.78 is 39.3. The van der Waals surface area contributed by atoms with Gasteiger partial charge in [0, 0.05) is 11.5 Å². The fourth-order valence-electron chi connectivity index (χ4n) is 1.21. The topological polar surface area (TPSA) is 74.2 Å². The molecule has 0 heterocycles. The molecule has 0 aliphatic rings. The van der Waals surface area contributed by atoms with E-state index < -0.39 is 23.3 Å². The normalized spacial score (nSPS) is 11.2. The smallest absolute Gasteiger partial charge is 0.415 e. The van der Waals surface area contributed by atoms with Crippen molar-refractivity contribution in [1.29, 1.82) is 0 Å². The number of ether oxygens (including phenoxy) is 2. The van der Waals surface area contributed by atoms with Gasteiger partial charge in [0.2, 0.25) is 0 Å². The number of hydrogen-bond donors (Lipinski definition) is 1. The van der Waals surface area contributed by atoms with E-state index in [-0.39, 0.29) is 6.61 Å². The number of hydrogen-bond acceptors (Lipinski definition) is 8. The molecule has 0 radical (unpaired) electrons. The van der Waals surface area contributed by atoms with Gasteiger partial charge in [-0.2, -0.15) is 20.5 Å². The molecule has 0 spiro atoms. The van der Waals surface area contributed by atoms with E-state index in [1.807, 2.05) is 30.3 Å². The van der Waals surface area contributed by atoms with E-state index in [9.17, 15) is 13.6 Å². The van der Waals surface area contributed by atoms with Gasteiger partial charge in [-0.05, 0) is 12.1 Å². The largest absolute Gasteiger partial charge is 0.493 e. The van der Waals surface area contributed by atoms with E-state index >= 15 is 0 Å². The zero-order valence-electron chi connectivity index (χ0n) is 11.3.